The van der Waals surface area contributed by atoms with E-state index in [0.717, 1.165) is 32.0 Å². The lowest BCUT2D eigenvalue weighted by molar-refractivity contribution is -0.127. The molecule has 2 aliphatic rings. The largest absolute Gasteiger partial charge is 0.382 e. The molecule has 1 heterocycles. The molecule has 1 N–H and O–H groups in total. The van der Waals surface area contributed by atoms with Crippen molar-refractivity contribution in [3.8, 4) is 0 Å². The van der Waals surface area contributed by atoms with Gasteiger partial charge < -0.3 is 19.7 Å². The molecular weight excluding hydrogens is 232 g/mol. The first-order chi connectivity index (χ1) is 8.79. The fraction of sp³-hybridized carbons (Fsp3) is 0.923. The van der Waals surface area contributed by atoms with Gasteiger partial charge in [0.1, 0.15) is 6.61 Å². The van der Waals surface area contributed by atoms with Crippen molar-refractivity contribution in [3.63, 3.8) is 0 Å². The number of hydrogen-bond donors (Lipinski definition) is 1. The van der Waals surface area contributed by atoms with Crippen molar-refractivity contribution in [1.82, 2.24) is 10.2 Å². The van der Waals surface area contributed by atoms with Gasteiger partial charge in [0.05, 0.1) is 13.2 Å². The first kappa shape index (κ1) is 13.8. The van der Waals surface area contributed by atoms with Crippen molar-refractivity contribution in [1.29, 1.82) is 0 Å². The second kappa shape index (κ2) is 7.07. The lowest BCUT2D eigenvalue weighted by atomic mass is 10.0. The molecule has 1 aliphatic heterocycles. The van der Waals surface area contributed by atoms with E-state index in [1.165, 1.54) is 12.8 Å². The molecule has 0 radical (unpaired) electrons. The van der Waals surface area contributed by atoms with Crippen LogP contribution in [0.5, 0.6) is 0 Å². The Morgan fingerprint density at radius 1 is 1.22 bits per heavy atom. The van der Waals surface area contributed by atoms with Crippen LogP contribution in [0.1, 0.15) is 25.7 Å². The second-order valence-corrected chi connectivity index (χ2v) is 5.15. The molecule has 0 aromatic heterocycles. The Bertz CT molecular complexity index is 261. The second-order valence-electron chi connectivity index (χ2n) is 5.15. The van der Waals surface area contributed by atoms with Crippen LogP contribution >= 0.6 is 0 Å². The minimum absolute atomic E-state index is 0.00373. The molecule has 5 heteroatoms. The molecule has 2 fully saturated rings. The Labute approximate surface area is 109 Å². The zero-order valence-electron chi connectivity index (χ0n) is 11.2. The number of ether oxygens (including phenoxy) is 2. The van der Waals surface area contributed by atoms with Gasteiger partial charge in [0.2, 0.25) is 5.91 Å². The summed E-state index contributed by atoms with van der Waals surface area (Å²) in [5, 5.41) is 3.04. The summed E-state index contributed by atoms with van der Waals surface area (Å²) >= 11 is 0. The van der Waals surface area contributed by atoms with Crippen LogP contribution in [-0.2, 0) is 14.3 Å². The number of nitrogens with zero attached hydrogens (tertiary/aromatic N) is 1. The standard InChI is InChI=1S/C13H24N2O3/c1-17-8-9-18-10-13(16)14-11-4-6-15(7-5-11)12-2-3-12/h11-12H,2-10H2,1H3,(H,14,16). The van der Waals surface area contributed by atoms with E-state index in [2.05, 4.69) is 10.2 Å². The maximum Gasteiger partial charge on any atom is 0.246 e. The number of carbonyl (C=O) groups excluding carboxylic acids is 1. The molecule has 1 saturated heterocycles. The predicted molar refractivity (Wildman–Crippen MR) is 68.5 cm³/mol. The van der Waals surface area contributed by atoms with E-state index in [1.807, 2.05) is 0 Å². The van der Waals surface area contributed by atoms with Crippen LogP contribution in [0.2, 0.25) is 0 Å². The highest BCUT2D eigenvalue weighted by atomic mass is 16.5. The van der Waals surface area contributed by atoms with Gasteiger partial charge in [-0.2, -0.15) is 0 Å². The number of carbonyl (C=O) groups is 1. The first-order valence-electron chi connectivity index (χ1n) is 6.89. The van der Waals surface area contributed by atoms with Gasteiger partial charge in [-0.1, -0.05) is 0 Å². The molecular formula is C13H24N2O3. The summed E-state index contributed by atoms with van der Waals surface area (Å²) in [6.45, 7) is 3.41. The lowest BCUT2D eigenvalue weighted by Gasteiger charge is -2.32. The highest BCUT2D eigenvalue weighted by Gasteiger charge is 2.31. The molecule has 0 aromatic rings. The van der Waals surface area contributed by atoms with Crippen LogP contribution in [0.25, 0.3) is 0 Å². The van der Waals surface area contributed by atoms with E-state index >= 15 is 0 Å². The van der Waals surface area contributed by atoms with Crippen molar-refractivity contribution in [2.75, 3.05) is 40.0 Å². The van der Waals surface area contributed by atoms with E-state index in [-0.39, 0.29) is 12.5 Å². The van der Waals surface area contributed by atoms with Crippen LogP contribution in [0.3, 0.4) is 0 Å². The van der Waals surface area contributed by atoms with Crippen molar-refractivity contribution >= 4 is 5.91 Å². The van der Waals surface area contributed by atoms with Gasteiger partial charge in [0, 0.05) is 32.3 Å². The van der Waals surface area contributed by atoms with E-state index in [9.17, 15) is 4.79 Å². The monoisotopic (exact) mass is 256 g/mol. The zero-order chi connectivity index (χ0) is 12.8. The summed E-state index contributed by atoms with van der Waals surface area (Å²) in [6.07, 6.45) is 4.87. The molecule has 0 unspecified atom stereocenters. The normalized spacial score (nSPS) is 22.1. The van der Waals surface area contributed by atoms with Crippen LogP contribution in [-0.4, -0.2) is 62.9 Å². The molecule has 0 spiro atoms. The van der Waals surface area contributed by atoms with Crippen LogP contribution < -0.4 is 5.32 Å². The van der Waals surface area contributed by atoms with E-state index < -0.39 is 0 Å². The van der Waals surface area contributed by atoms with Gasteiger partial charge in [-0.15, -0.1) is 0 Å². The highest BCUT2D eigenvalue weighted by molar-refractivity contribution is 5.77. The lowest BCUT2D eigenvalue weighted by Crippen LogP contribution is -2.46. The molecule has 2 rings (SSSR count). The zero-order valence-corrected chi connectivity index (χ0v) is 11.2. The van der Waals surface area contributed by atoms with Crippen LogP contribution in [0, 0.1) is 0 Å². The summed E-state index contributed by atoms with van der Waals surface area (Å²) in [5.74, 6) is -0.00373. The maximum atomic E-state index is 11.6. The average molecular weight is 256 g/mol. The third-order valence-electron chi connectivity index (χ3n) is 3.62. The van der Waals surface area contributed by atoms with Gasteiger partial charge in [0.15, 0.2) is 0 Å². The fourth-order valence-electron chi connectivity index (χ4n) is 2.43. The Balaban J connectivity index is 1.54. The number of hydrogen-bond acceptors (Lipinski definition) is 4. The topological polar surface area (TPSA) is 50.8 Å². The van der Waals surface area contributed by atoms with Gasteiger partial charge >= 0.3 is 0 Å². The van der Waals surface area contributed by atoms with E-state index in [4.69, 9.17) is 9.47 Å². The van der Waals surface area contributed by atoms with Gasteiger partial charge in [-0.3, -0.25) is 4.79 Å². The fourth-order valence-corrected chi connectivity index (χ4v) is 2.43. The summed E-state index contributed by atoms with van der Waals surface area (Å²) < 4.78 is 10.1. The number of amides is 1. The van der Waals surface area contributed by atoms with Crippen LogP contribution in [0.4, 0.5) is 0 Å². The molecule has 1 amide bonds. The molecule has 1 saturated carbocycles. The number of methoxy groups -OCH3 is 1. The third kappa shape index (κ3) is 4.55. The molecule has 0 bridgehead atoms. The SMILES string of the molecule is COCCOCC(=O)NC1CCN(C2CC2)CC1. The number of piperidine rings is 1. The van der Waals surface area contributed by atoms with Gasteiger partial charge in [0.25, 0.3) is 0 Å². The minimum Gasteiger partial charge on any atom is -0.382 e. The van der Waals surface area contributed by atoms with E-state index in [0.29, 0.717) is 19.3 Å². The predicted octanol–water partition coefficient (Wildman–Crippen LogP) is 0.392. The Morgan fingerprint density at radius 3 is 2.56 bits per heavy atom. The van der Waals surface area contributed by atoms with Crippen LogP contribution in [0.15, 0.2) is 0 Å². The molecule has 0 atom stereocenters. The smallest absolute Gasteiger partial charge is 0.246 e. The van der Waals surface area contributed by atoms with Crippen molar-refractivity contribution in [2.45, 2.75) is 37.8 Å². The quantitative estimate of drug-likeness (QED) is 0.670. The van der Waals surface area contributed by atoms with Gasteiger partial charge in [-0.25, -0.2) is 0 Å². The van der Waals surface area contributed by atoms with Crippen molar-refractivity contribution in [2.24, 2.45) is 0 Å². The number of nitrogens with one attached hydrogen (secondary N) is 1. The number of rotatable bonds is 7. The Morgan fingerprint density at radius 2 is 1.94 bits per heavy atom. The minimum atomic E-state index is -0.00373. The summed E-state index contributed by atoms with van der Waals surface area (Å²) in [6, 6.07) is 1.18. The first-order valence-corrected chi connectivity index (χ1v) is 6.89. The molecule has 5 nitrogen and oxygen atoms in total. The summed E-state index contributed by atoms with van der Waals surface area (Å²) in [5.41, 5.74) is 0. The number of likely N-dealkylation sites (tertiary alicyclic amines) is 1. The summed E-state index contributed by atoms with van der Waals surface area (Å²) in [7, 11) is 1.62. The van der Waals surface area contributed by atoms with Crippen molar-refractivity contribution in [3.05, 3.63) is 0 Å². The molecule has 18 heavy (non-hydrogen) atoms. The summed E-state index contributed by atoms with van der Waals surface area (Å²) in [4.78, 5) is 14.2. The van der Waals surface area contributed by atoms with E-state index in [1.54, 1.807) is 7.11 Å². The van der Waals surface area contributed by atoms with Gasteiger partial charge in [-0.05, 0) is 25.7 Å². The molecule has 104 valence electrons. The maximum absolute atomic E-state index is 11.6. The molecule has 1 aliphatic carbocycles. The Kier molecular flexibility index (Phi) is 5.41. The molecule has 0 aromatic carbocycles. The van der Waals surface area contributed by atoms with Crippen molar-refractivity contribution < 1.29 is 14.3 Å². The third-order valence-corrected chi connectivity index (χ3v) is 3.62. The Hall–Kier alpha value is -0.650. The highest BCUT2D eigenvalue weighted by Crippen LogP contribution is 2.29. The average Bonchev–Trinajstić information content (AvgIpc) is 3.20.